The van der Waals surface area contributed by atoms with Crippen molar-refractivity contribution in [1.82, 2.24) is 52.9 Å². The number of hydrogen-bond acceptors (Lipinski definition) is 11. The van der Waals surface area contributed by atoms with Crippen LogP contribution in [-0.2, 0) is 19.5 Å². The van der Waals surface area contributed by atoms with E-state index in [4.69, 9.17) is 9.47 Å². The molecule has 300 valence electrons. The van der Waals surface area contributed by atoms with Crippen LogP contribution in [0.1, 0.15) is 79.3 Å². The van der Waals surface area contributed by atoms with Gasteiger partial charge in [-0.1, -0.05) is 0 Å². The first kappa shape index (κ1) is 38.1. The van der Waals surface area contributed by atoms with E-state index in [1.54, 1.807) is 51.1 Å². The SMILES string of the molecule is CC(C)(C)OC(=O)N1CCC(n2cc(-c3cnc4cnn(S(=O)(=O)c5cnc6ccc(-c7cnn(C8CCN(C(=O)OC(C)(C)C)CC8)c7)cn56)c4c3)cn2)CC1. The number of piperidine rings is 2. The van der Waals surface area contributed by atoms with E-state index in [0.717, 1.165) is 46.5 Å². The van der Waals surface area contributed by atoms with Crippen molar-refractivity contribution in [3.05, 3.63) is 67.8 Å². The lowest BCUT2D eigenvalue weighted by Crippen LogP contribution is -2.42. The summed E-state index contributed by atoms with van der Waals surface area (Å²) in [4.78, 5) is 37.5. The van der Waals surface area contributed by atoms with Gasteiger partial charge in [0.05, 0.1) is 36.9 Å². The summed E-state index contributed by atoms with van der Waals surface area (Å²) in [7, 11) is -4.24. The van der Waals surface area contributed by atoms with E-state index >= 15 is 0 Å². The van der Waals surface area contributed by atoms with Crippen molar-refractivity contribution in [3.8, 4) is 22.3 Å². The number of carbonyl (C=O) groups is 2. The molecule has 0 unspecified atom stereocenters. The molecule has 0 atom stereocenters. The van der Waals surface area contributed by atoms with Gasteiger partial charge in [-0.05, 0) is 85.4 Å². The molecule has 57 heavy (non-hydrogen) atoms. The maximum Gasteiger partial charge on any atom is 0.410 e. The fraction of sp³-hybridized carbons (Fsp3) is 0.462. The highest BCUT2D eigenvalue weighted by molar-refractivity contribution is 7.90. The topological polar surface area (TPSA) is 177 Å². The second-order valence-electron chi connectivity index (χ2n) is 16.7. The maximum absolute atomic E-state index is 14.3. The molecule has 0 aliphatic carbocycles. The number of likely N-dealkylation sites (tertiary alicyclic amines) is 2. The number of amides is 2. The molecule has 2 aliphatic rings. The third-order valence-corrected chi connectivity index (χ3v) is 11.8. The molecule has 6 aromatic heterocycles. The molecule has 0 bridgehead atoms. The van der Waals surface area contributed by atoms with E-state index in [9.17, 15) is 18.0 Å². The van der Waals surface area contributed by atoms with Crippen molar-refractivity contribution >= 4 is 38.9 Å². The molecule has 0 saturated carbocycles. The van der Waals surface area contributed by atoms with Gasteiger partial charge >= 0.3 is 22.2 Å². The minimum Gasteiger partial charge on any atom is -0.444 e. The molecule has 0 radical (unpaired) electrons. The summed E-state index contributed by atoms with van der Waals surface area (Å²) < 4.78 is 46.0. The van der Waals surface area contributed by atoms with Crippen molar-refractivity contribution in [3.63, 3.8) is 0 Å². The highest BCUT2D eigenvalue weighted by atomic mass is 32.2. The summed E-state index contributed by atoms with van der Waals surface area (Å²) in [5, 5.41) is 13.5. The van der Waals surface area contributed by atoms with Gasteiger partial charge in [-0.25, -0.2) is 14.6 Å². The van der Waals surface area contributed by atoms with E-state index in [1.165, 1.54) is 12.4 Å². The number of carbonyl (C=O) groups excluding carboxylic acids is 2. The minimum atomic E-state index is -4.24. The number of imidazole rings is 1. The second kappa shape index (κ2) is 14.3. The van der Waals surface area contributed by atoms with Crippen molar-refractivity contribution in [2.45, 2.75) is 95.5 Å². The Balaban J connectivity index is 0.989. The Bertz CT molecular complexity index is 2390. The number of ether oxygens (including phenoxy) is 2. The predicted octanol–water partition coefficient (Wildman–Crippen LogP) is 6.19. The summed E-state index contributed by atoms with van der Waals surface area (Å²) in [5.74, 6) is 0. The zero-order valence-electron chi connectivity index (χ0n) is 32.9. The minimum absolute atomic E-state index is 0.0535. The number of fused-ring (bicyclic) bond motifs is 2. The van der Waals surface area contributed by atoms with Crippen LogP contribution in [0, 0.1) is 0 Å². The monoisotopic (exact) mass is 797 g/mol. The van der Waals surface area contributed by atoms with Crippen LogP contribution >= 0.6 is 0 Å². The van der Waals surface area contributed by atoms with Crippen LogP contribution in [0.25, 0.3) is 38.9 Å². The molecule has 8 rings (SSSR count). The molecule has 0 aromatic carbocycles. The molecule has 0 N–H and O–H groups in total. The lowest BCUT2D eigenvalue weighted by Gasteiger charge is -2.33. The Kier molecular flexibility index (Phi) is 9.56. The van der Waals surface area contributed by atoms with Crippen LogP contribution in [0.5, 0.6) is 0 Å². The third-order valence-electron chi connectivity index (χ3n) is 10.2. The van der Waals surface area contributed by atoms with E-state index < -0.39 is 21.2 Å². The molecule has 8 heterocycles. The molecule has 2 fully saturated rings. The van der Waals surface area contributed by atoms with Gasteiger partial charge in [-0.15, -0.1) is 0 Å². The fourth-order valence-corrected chi connectivity index (χ4v) is 8.63. The van der Waals surface area contributed by atoms with Gasteiger partial charge in [0.1, 0.15) is 27.9 Å². The van der Waals surface area contributed by atoms with Crippen LogP contribution in [0.4, 0.5) is 9.59 Å². The van der Waals surface area contributed by atoms with Gasteiger partial charge in [0.15, 0.2) is 5.03 Å². The summed E-state index contributed by atoms with van der Waals surface area (Å²) in [6.45, 7) is 13.4. The Morgan fingerprint density at radius 3 is 1.74 bits per heavy atom. The Morgan fingerprint density at radius 2 is 1.19 bits per heavy atom. The van der Waals surface area contributed by atoms with Crippen molar-refractivity contribution in [1.29, 1.82) is 0 Å². The van der Waals surface area contributed by atoms with Crippen LogP contribution in [-0.4, -0.2) is 111 Å². The number of pyridine rings is 2. The Labute approximate surface area is 330 Å². The smallest absolute Gasteiger partial charge is 0.410 e. The third kappa shape index (κ3) is 7.82. The van der Waals surface area contributed by atoms with Gasteiger partial charge < -0.3 is 19.3 Å². The van der Waals surface area contributed by atoms with Crippen LogP contribution < -0.4 is 0 Å². The zero-order valence-corrected chi connectivity index (χ0v) is 33.8. The average Bonchev–Trinajstić information content (AvgIpc) is 3.99. The van der Waals surface area contributed by atoms with Crippen LogP contribution in [0.2, 0.25) is 0 Å². The van der Waals surface area contributed by atoms with Gasteiger partial charge in [-0.2, -0.15) is 27.8 Å². The Hall–Kier alpha value is -5.78. The fourth-order valence-electron chi connectivity index (χ4n) is 7.30. The molecule has 2 aliphatic heterocycles. The van der Waals surface area contributed by atoms with Crippen molar-refractivity contribution in [2.75, 3.05) is 26.2 Å². The van der Waals surface area contributed by atoms with Gasteiger partial charge in [0.25, 0.3) is 0 Å². The summed E-state index contributed by atoms with van der Waals surface area (Å²) in [5.41, 5.74) is 3.13. The van der Waals surface area contributed by atoms with Crippen LogP contribution in [0.3, 0.4) is 0 Å². The first-order valence-corrected chi connectivity index (χ1v) is 20.6. The average molecular weight is 798 g/mol. The van der Waals surface area contributed by atoms with Gasteiger partial charge in [0.2, 0.25) is 0 Å². The largest absolute Gasteiger partial charge is 0.444 e. The van der Waals surface area contributed by atoms with E-state index in [-0.39, 0.29) is 29.3 Å². The van der Waals surface area contributed by atoms with E-state index in [0.29, 0.717) is 48.4 Å². The van der Waals surface area contributed by atoms with Crippen molar-refractivity contribution < 1.29 is 27.5 Å². The molecule has 0 spiro atoms. The standard InChI is InChI=1S/C39H47N11O6S/c1-38(2,3)55-36(51)45-13-9-30(10-14-45)48-24-28(19-42-48)26-7-8-34-41-22-35(47(34)23-26)57(53,54)50-33-17-27(18-40-32(33)21-44-50)29-20-43-49(25-29)31-11-15-46(16-12-31)37(52)56-39(4,5)6/h7-8,17-25,30-31H,9-16H2,1-6H3. The molecule has 2 amide bonds. The quantitative estimate of drug-likeness (QED) is 0.188. The molecule has 2 saturated heterocycles. The molecule has 17 nitrogen and oxygen atoms in total. The van der Waals surface area contributed by atoms with Crippen LogP contribution in [0.15, 0.2) is 72.8 Å². The van der Waals surface area contributed by atoms with Gasteiger partial charge in [-0.3, -0.25) is 18.7 Å². The Morgan fingerprint density at radius 1 is 0.649 bits per heavy atom. The normalized spacial score (nSPS) is 16.5. The van der Waals surface area contributed by atoms with E-state index in [1.807, 2.05) is 69.4 Å². The second-order valence-corrected chi connectivity index (χ2v) is 18.4. The van der Waals surface area contributed by atoms with E-state index in [2.05, 4.69) is 25.3 Å². The number of hydrogen-bond donors (Lipinski definition) is 0. The maximum atomic E-state index is 14.3. The first-order chi connectivity index (χ1) is 27.0. The summed E-state index contributed by atoms with van der Waals surface area (Å²) in [6.07, 6.45) is 15.8. The predicted molar refractivity (Wildman–Crippen MR) is 210 cm³/mol. The zero-order chi connectivity index (χ0) is 40.3. The lowest BCUT2D eigenvalue weighted by molar-refractivity contribution is 0.0174. The molecule has 18 heteroatoms. The summed E-state index contributed by atoms with van der Waals surface area (Å²) >= 11 is 0. The molecular weight excluding hydrogens is 751 g/mol. The summed E-state index contributed by atoms with van der Waals surface area (Å²) in [6, 6.07) is 5.61. The highest BCUT2D eigenvalue weighted by Crippen LogP contribution is 2.31. The number of aromatic nitrogens is 9. The lowest BCUT2D eigenvalue weighted by atomic mass is 10.1. The molecular formula is C39H47N11O6S. The number of nitrogens with zero attached hydrogens (tertiary/aromatic N) is 11. The number of rotatable bonds is 6. The first-order valence-electron chi connectivity index (χ1n) is 19.1. The molecule has 6 aromatic rings. The van der Waals surface area contributed by atoms with Crippen molar-refractivity contribution in [2.24, 2.45) is 0 Å². The highest BCUT2D eigenvalue weighted by Gasteiger charge is 2.30. The van der Waals surface area contributed by atoms with Gasteiger partial charge in [0, 0.05) is 73.2 Å².